The lowest BCUT2D eigenvalue weighted by atomic mass is 10.1. The van der Waals surface area contributed by atoms with Crippen LogP contribution in [0.5, 0.6) is 17.2 Å². The number of nitrogens with one attached hydrogen (secondary N) is 2. The minimum absolute atomic E-state index is 0.0622. The molecule has 38 heavy (non-hydrogen) atoms. The van der Waals surface area contributed by atoms with E-state index in [2.05, 4.69) is 10.8 Å². The number of aromatic hydroxyl groups is 1. The van der Waals surface area contributed by atoms with Gasteiger partial charge in [0.1, 0.15) is 23.9 Å². The van der Waals surface area contributed by atoms with E-state index in [1.54, 1.807) is 66.7 Å². The van der Waals surface area contributed by atoms with Crippen LogP contribution in [0.2, 0.25) is 0 Å². The second-order valence-corrected chi connectivity index (χ2v) is 7.99. The third-order valence-corrected chi connectivity index (χ3v) is 5.35. The first kappa shape index (κ1) is 25.7. The lowest BCUT2D eigenvalue weighted by molar-refractivity contribution is 0.0682. The van der Waals surface area contributed by atoms with Crippen molar-refractivity contribution in [2.45, 2.75) is 6.61 Å². The predicted octanol–water partition coefficient (Wildman–Crippen LogP) is 5.38. The summed E-state index contributed by atoms with van der Waals surface area (Å²) in [5.41, 5.74) is 4.12. The highest BCUT2D eigenvalue weighted by Gasteiger charge is 2.17. The normalized spacial score (nSPS) is 10.4. The van der Waals surface area contributed by atoms with Gasteiger partial charge in [-0.25, -0.2) is 9.59 Å². The summed E-state index contributed by atoms with van der Waals surface area (Å²) in [6.45, 7) is 0.0622. The number of aromatic carboxylic acids is 2. The molecule has 0 aliphatic heterocycles. The van der Waals surface area contributed by atoms with Crippen LogP contribution in [0.25, 0.3) is 0 Å². The summed E-state index contributed by atoms with van der Waals surface area (Å²) in [4.78, 5) is 40.6. The van der Waals surface area contributed by atoms with E-state index in [9.17, 15) is 29.7 Å². The molecule has 4 aromatic carbocycles. The third kappa shape index (κ3) is 6.45. The highest BCUT2D eigenvalue weighted by molar-refractivity contribution is 6.11. The maximum absolute atomic E-state index is 12.5. The average Bonchev–Trinajstić information content (AvgIpc) is 2.90. The molecule has 4 rings (SSSR count). The van der Waals surface area contributed by atoms with Gasteiger partial charge in [0.15, 0.2) is 0 Å². The summed E-state index contributed by atoms with van der Waals surface area (Å²) in [6.07, 6.45) is 0. The monoisotopic (exact) mass is 514 g/mol. The van der Waals surface area contributed by atoms with Crippen LogP contribution in [0.15, 0.2) is 91.0 Å². The Morgan fingerprint density at radius 2 is 1.29 bits per heavy atom. The fourth-order valence-corrected chi connectivity index (χ4v) is 3.49. The van der Waals surface area contributed by atoms with Gasteiger partial charge in [0, 0.05) is 5.69 Å². The minimum atomic E-state index is -1.28. The Bertz CT molecular complexity index is 1470. The van der Waals surface area contributed by atoms with E-state index in [-0.39, 0.29) is 29.0 Å². The summed E-state index contributed by atoms with van der Waals surface area (Å²) in [5, 5.41) is 30.7. The van der Waals surface area contributed by atoms with Crippen molar-refractivity contribution in [3.63, 3.8) is 0 Å². The summed E-state index contributed by atoms with van der Waals surface area (Å²) >= 11 is 0. The molecule has 10 heteroatoms. The maximum Gasteiger partial charge on any atom is 0.336 e. The van der Waals surface area contributed by atoms with E-state index in [0.717, 1.165) is 12.1 Å². The van der Waals surface area contributed by atoms with Gasteiger partial charge < -0.3 is 25.4 Å². The molecule has 0 saturated carbocycles. The first-order valence-electron chi connectivity index (χ1n) is 11.2. The van der Waals surface area contributed by atoms with E-state index in [1.165, 1.54) is 12.1 Å². The third-order valence-electron chi connectivity index (χ3n) is 5.35. The van der Waals surface area contributed by atoms with Gasteiger partial charge in [0.25, 0.3) is 5.91 Å². The molecule has 0 heterocycles. The van der Waals surface area contributed by atoms with Gasteiger partial charge in [-0.05, 0) is 78.4 Å². The van der Waals surface area contributed by atoms with Crippen LogP contribution in [-0.4, -0.2) is 33.2 Å². The van der Waals surface area contributed by atoms with Crippen LogP contribution < -0.4 is 15.5 Å². The molecule has 0 unspecified atom stereocenters. The number of hydrogen-bond donors (Lipinski definition) is 5. The Hall–Kier alpha value is -5.35. The van der Waals surface area contributed by atoms with Crippen LogP contribution in [0.4, 0.5) is 11.4 Å². The van der Waals surface area contributed by atoms with Gasteiger partial charge in [-0.2, -0.15) is 0 Å². The van der Waals surface area contributed by atoms with Crippen LogP contribution in [0, 0.1) is 0 Å². The smallest absolute Gasteiger partial charge is 0.336 e. The number of hydrogen-bond acceptors (Lipinski definition) is 7. The molecule has 0 radical (unpaired) electrons. The molecule has 0 aliphatic rings. The number of phenolic OH excluding ortho intramolecular Hbond substituents is 1. The largest absolute Gasteiger partial charge is 0.508 e. The number of anilines is 2. The number of rotatable bonds is 10. The number of carbonyl (C=O) groups excluding carboxylic acids is 1. The lowest BCUT2D eigenvalue weighted by Gasteiger charge is -2.11. The van der Waals surface area contributed by atoms with Crippen molar-refractivity contribution in [2.75, 3.05) is 10.8 Å². The molecule has 0 fully saturated rings. The molecule has 5 N–H and O–H groups in total. The lowest BCUT2D eigenvalue weighted by Crippen LogP contribution is -2.16. The first-order chi connectivity index (χ1) is 18.3. The summed E-state index contributed by atoms with van der Waals surface area (Å²) in [5.74, 6) is -2.17. The van der Waals surface area contributed by atoms with Crippen molar-refractivity contribution in [3.05, 3.63) is 113 Å². The number of benzene rings is 4. The summed E-state index contributed by atoms with van der Waals surface area (Å²) in [7, 11) is 0. The minimum Gasteiger partial charge on any atom is -0.508 e. The predicted molar refractivity (Wildman–Crippen MR) is 138 cm³/mol. The van der Waals surface area contributed by atoms with E-state index in [4.69, 9.17) is 9.57 Å². The van der Waals surface area contributed by atoms with E-state index >= 15 is 0 Å². The van der Waals surface area contributed by atoms with Crippen molar-refractivity contribution in [3.8, 4) is 17.2 Å². The molecule has 0 saturated heterocycles. The van der Waals surface area contributed by atoms with Crippen molar-refractivity contribution in [2.24, 2.45) is 0 Å². The highest BCUT2D eigenvalue weighted by Crippen LogP contribution is 2.25. The standard InChI is InChI=1S/C28H22N2O8/c31-20-9-14-24(28(35)36)25(15-20)26(32)29-18-5-10-21(11-6-18)38-22-12-7-19(8-13-22)30-37-16-17-3-1-2-4-23(17)27(33)34/h1-15,30-31H,16H2,(H,29,32)(H,33,34)(H,35,36). The highest BCUT2D eigenvalue weighted by atomic mass is 16.6. The zero-order chi connectivity index (χ0) is 27.1. The molecule has 192 valence electrons. The van der Waals surface area contributed by atoms with E-state index in [0.29, 0.717) is 28.4 Å². The van der Waals surface area contributed by atoms with Gasteiger partial charge >= 0.3 is 11.9 Å². The number of ether oxygens (including phenoxy) is 1. The van der Waals surface area contributed by atoms with Crippen LogP contribution in [0.1, 0.15) is 36.6 Å². The van der Waals surface area contributed by atoms with Gasteiger partial charge in [0.05, 0.1) is 22.4 Å². The summed E-state index contributed by atoms with van der Waals surface area (Å²) in [6, 6.07) is 23.3. The molecule has 4 aromatic rings. The van der Waals surface area contributed by atoms with Crippen LogP contribution >= 0.6 is 0 Å². The second kappa shape index (κ2) is 11.6. The number of carbonyl (C=O) groups is 3. The molecule has 0 aromatic heterocycles. The zero-order valence-corrected chi connectivity index (χ0v) is 19.8. The quantitative estimate of drug-likeness (QED) is 0.176. The number of carboxylic acid groups (broad SMARTS) is 2. The topological polar surface area (TPSA) is 154 Å². The van der Waals surface area contributed by atoms with Crippen molar-refractivity contribution in [1.82, 2.24) is 0 Å². The van der Waals surface area contributed by atoms with Gasteiger partial charge in [-0.1, -0.05) is 18.2 Å². The fourth-order valence-electron chi connectivity index (χ4n) is 3.49. The second-order valence-electron chi connectivity index (χ2n) is 7.99. The Kier molecular flexibility index (Phi) is 7.85. The molecule has 10 nitrogen and oxygen atoms in total. The Morgan fingerprint density at radius 3 is 1.92 bits per heavy atom. The van der Waals surface area contributed by atoms with Crippen molar-refractivity contribution < 1.29 is 39.3 Å². The maximum atomic E-state index is 12.5. The molecular formula is C28H22N2O8. The molecule has 1 amide bonds. The SMILES string of the molecule is O=C(O)c1ccccc1CONc1ccc(Oc2ccc(NC(=O)c3cc(O)ccc3C(=O)O)cc2)cc1. The first-order valence-corrected chi connectivity index (χ1v) is 11.2. The molecule has 0 aliphatic carbocycles. The van der Waals surface area contributed by atoms with Gasteiger partial charge in [0.2, 0.25) is 0 Å². The van der Waals surface area contributed by atoms with E-state index < -0.39 is 17.8 Å². The Morgan fingerprint density at radius 1 is 0.684 bits per heavy atom. The fraction of sp³-hybridized carbons (Fsp3) is 0.0357. The average molecular weight is 514 g/mol. The van der Waals surface area contributed by atoms with Gasteiger partial charge in [-0.3, -0.25) is 15.1 Å². The number of carboxylic acids is 2. The molecule has 0 spiro atoms. The number of phenols is 1. The van der Waals surface area contributed by atoms with Crippen molar-refractivity contribution >= 4 is 29.2 Å². The summed E-state index contributed by atoms with van der Waals surface area (Å²) < 4.78 is 5.80. The zero-order valence-electron chi connectivity index (χ0n) is 19.8. The molecule has 0 atom stereocenters. The van der Waals surface area contributed by atoms with Crippen LogP contribution in [-0.2, 0) is 11.4 Å². The van der Waals surface area contributed by atoms with Crippen LogP contribution in [0.3, 0.4) is 0 Å². The Balaban J connectivity index is 1.31. The number of amides is 1. The Labute approximate surface area is 216 Å². The van der Waals surface area contributed by atoms with Crippen molar-refractivity contribution in [1.29, 1.82) is 0 Å². The van der Waals surface area contributed by atoms with Gasteiger partial charge in [-0.15, -0.1) is 0 Å². The molecular weight excluding hydrogens is 492 g/mol. The van der Waals surface area contributed by atoms with E-state index in [1.807, 2.05) is 0 Å². The molecule has 0 bridgehead atoms.